The van der Waals surface area contributed by atoms with E-state index in [1.54, 1.807) is 0 Å². The molecule has 4 unspecified atom stereocenters. The average Bonchev–Trinajstić information content (AvgIpc) is 2.46. The largest absolute Gasteiger partial charge is 0.481 e. The van der Waals surface area contributed by atoms with Gasteiger partial charge in [-0.1, -0.05) is 20.3 Å². The van der Waals surface area contributed by atoms with Crippen molar-refractivity contribution in [1.29, 1.82) is 0 Å². The van der Waals surface area contributed by atoms with E-state index in [1.807, 2.05) is 0 Å². The van der Waals surface area contributed by atoms with Crippen LogP contribution in [-0.4, -0.2) is 46.5 Å². The Kier molecular flexibility index (Phi) is 5.86. The van der Waals surface area contributed by atoms with Crippen molar-refractivity contribution in [2.75, 3.05) is 0 Å². The topological polar surface area (TPSA) is 87.0 Å². The van der Waals surface area contributed by atoms with E-state index in [0.29, 0.717) is 0 Å². The molecule has 144 valence electrons. The van der Waals surface area contributed by atoms with Crippen molar-refractivity contribution in [2.24, 2.45) is 21.7 Å². The zero-order chi connectivity index (χ0) is 19.8. The molecule has 0 fully saturated rings. The van der Waals surface area contributed by atoms with Crippen molar-refractivity contribution in [1.82, 2.24) is 0 Å². The van der Waals surface area contributed by atoms with Crippen LogP contribution in [-0.2, 0) is 9.59 Å². The molecule has 4 atom stereocenters. The SMILES string of the molecule is CCCC1C(C)(C(=O)O)C(C(F)F)=NC(C(F)(F)F)C1(CC)C(=O)O. The number of alkyl halides is 5. The van der Waals surface area contributed by atoms with Crippen molar-refractivity contribution < 1.29 is 41.8 Å². The number of nitrogens with zero attached hydrogens (tertiary/aromatic N) is 1. The molecule has 1 rings (SSSR count). The molecule has 0 radical (unpaired) electrons. The van der Waals surface area contributed by atoms with Gasteiger partial charge in [0.1, 0.15) is 10.8 Å². The van der Waals surface area contributed by atoms with E-state index >= 15 is 0 Å². The van der Waals surface area contributed by atoms with Crippen LogP contribution in [0.5, 0.6) is 0 Å². The number of aliphatic imine (C=N–C) groups is 1. The Morgan fingerprint density at radius 1 is 1.20 bits per heavy atom. The van der Waals surface area contributed by atoms with Gasteiger partial charge in [0.05, 0.1) is 5.71 Å². The van der Waals surface area contributed by atoms with E-state index in [-0.39, 0.29) is 12.8 Å². The van der Waals surface area contributed by atoms with Gasteiger partial charge >= 0.3 is 18.1 Å². The van der Waals surface area contributed by atoms with Crippen LogP contribution in [0, 0.1) is 16.7 Å². The zero-order valence-corrected chi connectivity index (χ0v) is 13.9. The molecule has 0 aromatic carbocycles. The molecule has 0 spiro atoms. The summed E-state index contributed by atoms with van der Waals surface area (Å²) in [6.07, 6.45) is -9.50. The van der Waals surface area contributed by atoms with Crippen molar-refractivity contribution in [3.63, 3.8) is 0 Å². The molecule has 0 bridgehead atoms. The summed E-state index contributed by atoms with van der Waals surface area (Å²) < 4.78 is 67.4. The Labute approximate surface area is 140 Å². The molecule has 2 N–H and O–H groups in total. The van der Waals surface area contributed by atoms with Crippen LogP contribution in [0.4, 0.5) is 22.0 Å². The highest BCUT2D eigenvalue weighted by Crippen LogP contribution is 2.57. The van der Waals surface area contributed by atoms with Gasteiger partial charge in [-0.25, -0.2) is 8.78 Å². The summed E-state index contributed by atoms with van der Waals surface area (Å²) in [5.74, 6) is -5.40. The quantitative estimate of drug-likeness (QED) is 0.696. The second-order valence-electron chi connectivity index (χ2n) is 6.31. The lowest BCUT2D eigenvalue weighted by molar-refractivity contribution is -0.208. The highest BCUT2D eigenvalue weighted by Gasteiger charge is 2.70. The van der Waals surface area contributed by atoms with E-state index in [1.165, 1.54) is 13.8 Å². The van der Waals surface area contributed by atoms with Gasteiger partial charge in [0, 0.05) is 0 Å². The fraction of sp³-hybridized carbons (Fsp3) is 0.800. The van der Waals surface area contributed by atoms with Crippen LogP contribution in [0.25, 0.3) is 0 Å². The van der Waals surface area contributed by atoms with Gasteiger partial charge in [-0.2, -0.15) is 13.2 Å². The first-order valence-electron chi connectivity index (χ1n) is 7.71. The second kappa shape index (κ2) is 6.87. The van der Waals surface area contributed by atoms with Gasteiger partial charge in [0.2, 0.25) is 0 Å². The number of hydrogen-bond acceptors (Lipinski definition) is 3. The number of halogens is 5. The van der Waals surface area contributed by atoms with Gasteiger partial charge in [-0.05, 0) is 25.7 Å². The smallest absolute Gasteiger partial charge is 0.411 e. The van der Waals surface area contributed by atoms with Gasteiger partial charge in [-0.3, -0.25) is 14.6 Å². The Morgan fingerprint density at radius 3 is 2.00 bits per heavy atom. The molecule has 0 aromatic heterocycles. The number of carboxylic acids is 2. The number of rotatable bonds is 6. The van der Waals surface area contributed by atoms with Crippen LogP contribution in [0.1, 0.15) is 40.0 Å². The molecule has 0 amide bonds. The Balaban J connectivity index is 3.95. The third-order valence-electron chi connectivity index (χ3n) is 5.13. The summed E-state index contributed by atoms with van der Waals surface area (Å²) >= 11 is 0. The standard InChI is InChI=1S/C15H20F5NO4/c1-4-6-7-13(3,11(22)23)8(9(16)17)21-10(15(18,19)20)14(7,5-2)12(24)25/h7,9-10H,4-6H2,1-3H3,(H,22,23)(H,24,25). The molecule has 5 nitrogen and oxygen atoms in total. The van der Waals surface area contributed by atoms with Crippen molar-refractivity contribution in [2.45, 2.75) is 58.7 Å². The number of hydrogen-bond donors (Lipinski definition) is 2. The molecule has 25 heavy (non-hydrogen) atoms. The van der Waals surface area contributed by atoms with Gasteiger partial charge in [-0.15, -0.1) is 0 Å². The first-order valence-corrected chi connectivity index (χ1v) is 7.71. The average molecular weight is 373 g/mol. The lowest BCUT2D eigenvalue weighted by Gasteiger charge is -2.51. The third-order valence-corrected chi connectivity index (χ3v) is 5.13. The highest BCUT2D eigenvalue weighted by atomic mass is 19.4. The molecule has 1 heterocycles. The fourth-order valence-corrected chi connectivity index (χ4v) is 3.87. The number of aliphatic carboxylic acids is 2. The van der Waals surface area contributed by atoms with E-state index in [0.717, 1.165) is 6.92 Å². The minimum Gasteiger partial charge on any atom is -0.481 e. The Morgan fingerprint density at radius 2 is 1.72 bits per heavy atom. The predicted molar refractivity (Wildman–Crippen MR) is 77.8 cm³/mol. The lowest BCUT2D eigenvalue weighted by Crippen LogP contribution is -2.65. The summed E-state index contributed by atoms with van der Waals surface area (Å²) in [6.45, 7) is 3.52. The minimum absolute atomic E-state index is 0.129. The van der Waals surface area contributed by atoms with Crippen molar-refractivity contribution in [3.05, 3.63) is 0 Å². The van der Waals surface area contributed by atoms with Crippen LogP contribution in [0.3, 0.4) is 0 Å². The van der Waals surface area contributed by atoms with Gasteiger partial charge < -0.3 is 10.2 Å². The van der Waals surface area contributed by atoms with Crippen LogP contribution in [0.2, 0.25) is 0 Å². The molecular weight excluding hydrogens is 353 g/mol. The van der Waals surface area contributed by atoms with E-state index in [4.69, 9.17) is 0 Å². The Hall–Kier alpha value is -1.74. The summed E-state index contributed by atoms with van der Waals surface area (Å²) in [4.78, 5) is 26.6. The van der Waals surface area contributed by atoms with Crippen LogP contribution >= 0.6 is 0 Å². The fourth-order valence-electron chi connectivity index (χ4n) is 3.87. The summed E-state index contributed by atoms with van der Waals surface area (Å²) in [7, 11) is 0. The molecule has 0 saturated carbocycles. The molecule has 0 saturated heterocycles. The summed E-state index contributed by atoms with van der Waals surface area (Å²) in [5, 5.41) is 19.1. The summed E-state index contributed by atoms with van der Waals surface area (Å²) in [6, 6.07) is -2.93. The number of carbonyl (C=O) groups is 2. The molecule has 1 aliphatic heterocycles. The van der Waals surface area contributed by atoms with E-state index in [9.17, 15) is 41.8 Å². The zero-order valence-electron chi connectivity index (χ0n) is 13.9. The van der Waals surface area contributed by atoms with Gasteiger partial charge in [0.15, 0.2) is 6.04 Å². The third kappa shape index (κ3) is 3.10. The lowest BCUT2D eigenvalue weighted by atomic mass is 9.53. The van der Waals surface area contributed by atoms with Crippen molar-refractivity contribution in [3.8, 4) is 0 Å². The van der Waals surface area contributed by atoms with Crippen LogP contribution < -0.4 is 0 Å². The maximum Gasteiger partial charge on any atom is 0.411 e. The van der Waals surface area contributed by atoms with Crippen molar-refractivity contribution >= 4 is 17.7 Å². The highest BCUT2D eigenvalue weighted by molar-refractivity contribution is 6.09. The number of carboxylic acid groups (broad SMARTS) is 2. The maximum atomic E-state index is 13.5. The molecular formula is C15H20F5NO4. The summed E-state index contributed by atoms with van der Waals surface area (Å²) in [5.41, 5.74) is -6.58. The second-order valence-corrected chi connectivity index (χ2v) is 6.31. The molecule has 0 aromatic rings. The monoisotopic (exact) mass is 373 g/mol. The first-order chi connectivity index (χ1) is 11.3. The first kappa shape index (κ1) is 21.3. The molecule has 10 heteroatoms. The van der Waals surface area contributed by atoms with E-state index < -0.39 is 59.5 Å². The maximum absolute atomic E-state index is 13.5. The normalized spacial score (nSPS) is 33.2. The van der Waals surface area contributed by atoms with E-state index in [2.05, 4.69) is 4.99 Å². The molecule has 0 aliphatic carbocycles. The Bertz CT molecular complexity index is 577. The minimum atomic E-state index is -5.21. The molecule has 1 aliphatic rings. The predicted octanol–water partition coefficient (Wildman–Crippen LogP) is 3.63. The van der Waals surface area contributed by atoms with Crippen LogP contribution in [0.15, 0.2) is 4.99 Å². The van der Waals surface area contributed by atoms with Gasteiger partial charge in [0.25, 0.3) is 6.43 Å².